The van der Waals surface area contributed by atoms with Crippen molar-refractivity contribution < 1.29 is 27.5 Å². The van der Waals surface area contributed by atoms with Crippen molar-refractivity contribution in [1.82, 2.24) is 9.78 Å². The molecular formula is C17H18F3N3O3S. The maximum atomic E-state index is 12.6. The summed E-state index contributed by atoms with van der Waals surface area (Å²) in [6.45, 7) is 1.52. The van der Waals surface area contributed by atoms with Gasteiger partial charge >= 0.3 is 12.1 Å². The van der Waals surface area contributed by atoms with E-state index in [0.29, 0.717) is 10.6 Å². The summed E-state index contributed by atoms with van der Waals surface area (Å²) in [7, 11) is 0. The number of fused-ring (bicyclic) bond motifs is 1. The van der Waals surface area contributed by atoms with Gasteiger partial charge in [0.05, 0.1) is 12.2 Å². The summed E-state index contributed by atoms with van der Waals surface area (Å²) in [4.78, 5) is 25.7. The number of aryl methyl sites for hydroxylation is 1. The van der Waals surface area contributed by atoms with E-state index in [0.717, 1.165) is 53.1 Å². The fraction of sp³-hybridized carbons (Fsp3) is 0.471. The molecule has 2 aromatic heterocycles. The third kappa shape index (κ3) is 4.32. The number of rotatable bonds is 5. The Labute approximate surface area is 157 Å². The van der Waals surface area contributed by atoms with Crippen LogP contribution in [0.25, 0.3) is 0 Å². The van der Waals surface area contributed by atoms with Crippen LogP contribution in [0.3, 0.4) is 0 Å². The van der Waals surface area contributed by atoms with E-state index in [1.165, 1.54) is 11.3 Å². The van der Waals surface area contributed by atoms with Crippen molar-refractivity contribution >= 4 is 28.2 Å². The van der Waals surface area contributed by atoms with Gasteiger partial charge in [0.1, 0.15) is 11.5 Å². The Kier molecular flexibility index (Phi) is 5.54. The molecular weight excluding hydrogens is 383 g/mol. The van der Waals surface area contributed by atoms with E-state index in [4.69, 9.17) is 4.74 Å². The summed E-state index contributed by atoms with van der Waals surface area (Å²) in [6.07, 6.45) is 0.0632. The minimum Gasteiger partial charge on any atom is -0.462 e. The standard InChI is InChI=1S/C17H18F3N3O3S/c1-2-26-16(25)14-10-5-3-4-6-11(10)27-15(14)21-13(24)9-23-8-7-12(22-23)17(18,19)20/h7-8H,2-6,9H2,1H3,(H,21,24). The Morgan fingerprint density at radius 2 is 2.07 bits per heavy atom. The van der Waals surface area contributed by atoms with Gasteiger partial charge in [0.15, 0.2) is 5.69 Å². The topological polar surface area (TPSA) is 73.2 Å². The largest absolute Gasteiger partial charge is 0.462 e. The molecule has 1 aliphatic carbocycles. The van der Waals surface area contributed by atoms with Crippen molar-refractivity contribution in [3.63, 3.8) is 0 Å². The molecule has 3 rings (SSSR count). The molecule has 0 spiro atoms. The predicted octanol–water partition coefficient (Wildman–Crippen LogP) is 3.66. The van der Waals surface area contributed by atoms with E-state index in [-0.39, 0.29) is 13.2 Å². The van der Waals surface area contributed by atoms with Crippen LogP contribution in [0.5, 0.6) is 0 Å². The number of amides is 1. The normalized spacial score (nSPS) is 13.9. The van der Waals surface area contributed by atoms with Crippen LogP contribution in [-0.4, -0.2) is 28.3 Å². The van der Waals surface area contributed by atoms with E-state index in [1.807, 2.05) is 0 Å². The van der Waals surface area contributed by atoms with Crippen molar-refractivity contribution in [1.29, 1.82) is 0 Å². The van der Waals surface area contributed by atoms with Crippen LogP contribution in [0.15, 0.2) is 12.3 Å². The summed E-state index contributed by atoms with van der Waals surface area (Å²) < 4.78 is 43.8. The number of aromatic nitrogens is 2. The lowest BCUT2D eigenvalue weighted by Crippen LogP contribution is -2.21. The maximum absolute atomic E-state index is 12.6. The van der Waals surface area contributed by atoms with Crippen LogP contribution < -0.4 is 5.32 Å². The Balaban J connectivity index is 1.78. The summed E-state index contributed by atoms with van der Waals surface area (Å²) >= 11 is 1.32. The molecule has 0 bridgehead atoms. The number of anilines is 1. The van der Waals surface area contributed by atoms with Gasteiger partial charge in [-0.3, -0.25) is 9.48 Å². The third-order valence-corrected chi connectivity index (χ3v) is 5.35. The number of ether oxygens (including phenoxy) is 1. The molecule has 2 heterocycles. The van der Waals surface area contributed by atoms with Gasteiger partial charge in [-0.2, -0.15) is 18.3 Å². The van der Waals surface area contributed by atoms with Gasteiger partial charge in [-0.1, -0.05) is 0 Å². The van der Waals surface area contributed by atoms with Gasteiger partial charge < -0.3 is 10.1 Å². The van der Waals surface area contributed by atoms with E-state index < -0.39 is 23.7 Å². The van der Waals surface area contributed by atoms with Gasteiger partial charge in [0.25, 0.3) is 0 Å². The van der Waals surface area contributed by atoms with E-state index in [2.05, 4.69) is 10.4 Å². The van der Waals surface area contributed by atoms with Gasteiger partial charge in [-0.15, -0.1) is 11.3 Å². The Bertz CT molecular complexity index is 857. The maximum Gasteiger partial charge on any atom is 0.435 e. The molecule has 0 aromatic carbocycles. The third-order valence-electron chi connectivity index (χ3n) is 4.14. The number of hydrogen-bond donors (Lipinski definition) is 1. The number of carbonyl (C=O) groups excluding carboxylic acids is 2. The number of nitrogens with one attached hydrogen (secondary N) is 1. The zero-order valence-corrected chi connectivity index (χ0v) is 15.4. The molecule has 1 amide bonds. The molecule has 0 saturated heterocycles. The molecule has 10 heteroatoms. The number of hydrogen-bond acceptors (Lipinski definition) is 5. The average molecular weight is 401 g/mol. The lowest BCUT2D eigenvalue weighted by atomic mass is 9.95. The fourth-order valence-corrected chi connectivity index (χ4v) is 4.28. The monoisotopic (exact) mass is 401 g/mol. The summed E-state index contributed by atoms with van der Waals surface area (Å²) in [5.74, 6) is -1.05. The van der Waals surface area contributed by atoms with Crippen molar-refractivity contribution in [2.75, 3.05) is 11.9 Å². The van der Waals surface area contributed by atoms with E-state index >= 15 is 0 Å². The molecule has 1 aliphatic rings. The average Bonchev–Trinajstić information content (AvgIpc) is 3.18. The first-order chi connectivity index (χ1) is 12.8. The predicted molar refractivity (Wildman–Crippen MR) is 92.8 cm³/mol. The smallest absolute Gasteiger partial charge is 0.435 e. The lowest BCUT2D eigenvalue weighted by molar-refractivity contribution is -0.141. The SMILES string of the molecule is CCOC(=O)c1c(NC(=O)Cn2ccc(C(F)(F)F)n2)sc2c1CCCC2. The van der Waals surface area contributed by atoms with Crippen LogP contribution in [0.4, 0.5) is 18.2 Å². The van der Waals surface area contributed by atoms with Gasteiger partial charge in [-0.25, -0.2) is 4.79 Å². The van der Waals surface area contributed by atoms with E-state index in [9.17, 15) is 22.8 Å². The highest BCUT2D eigenvalue weighted by Gasteiger charge is 2.33. The molecule has 1 N–H and O–H groups in total. The van der Waals surface area contributed by atoms with Gasteiger partial charge in [0, 0.05) is 11.1 Å². The first-order valence-electron chi connectivity index (χ1n) is 8.51. The van der Waals surface area contributed by atoms with Crippen molar-refractivity contribution in [3.05, 3.63) is 34.0 Å². The zero-order chi connectivity index (χ0) is 19.6. The van der Waals surface area contributed by atoms with Crippen LogP contribution in [0.1, 0.15) is 46.3 Å². The first-order valence-corrected chi connectivity index (χ1v) is 9.33. The quantitative estimate of drug-likeness (QED) is 0.776. The highest BCUT2D eigenvalue weighted by Crippen LogP contribution is 2.38. The molecule has 0 radical (unpaired) electrons. The molecule has 0 saturated carbocycles. The number of thiophene rings is 1. The molecule has 146 valence electrons. The molecule has 0 atom stereocenters. The second kappa shape index (κ2) is 7.71. The fourth-order valence-electron chi connectivity index (χ4n) is 2.99. The Hall–Kier alpha value is -2.36. The number of esters is 1. The molecule has 6 nitrogen and oxygen atoms in total. The number of halogens is 3. The highest BCUT2D eigenvalue weighted by atomic mass is 32.1. The first kappa shape index (κ1) is 19.4. The number of alkyl halides is 3. The number of carbonyl (C=O) groups is 2. The second-order valence-corrected chi connectivity index (χ2v) is 7.19. The lowest BCUT2D eigenvalue weighted by Gasteiger charge is -2.12. The Morgan fingerprint density at radius 1 is 1.33 bits per heavy atom. The van der Waals surface area contributed by atoms with Crippen LogP contribution in [-0.2, 0) is 35.1 Å². The summed E-state index contributed by atoms with van der Waals surface area (Å²) in [5.41, 5.74) is 0.203. The second-order valence-electron chi connectivity index (χ2n) is 6.08. The minimum absolute atomic E-state index is 0.213. The van der Waals surface area contributed by atoms with Gasteiger partial charge in [-0.05, 0) is 44.2 Å². The Morgan fingerprint density at radius 3 is 2.74 bits per heavy atom. The van der Waals surface area contributed by atoms with Crippen LogP contribution in [0, 0.1) is 0 Å². The minimum atomic E-state index is -4.56. The molecule has 0 unspecified atom stereocenters. The molecule has 27 heavy (non-hydrogen) atoms. The highest BCUT2D eigenvalue weighted by molar-refractivity contribution is 7.17. The van der Waals surface area contributed by atoms with Crippen molar-refractivity contribution in [2.24, 2.45) is 0 Å². The van der Waals surface area contributed by atoms with Crippen LogP contribution >= 0.6 is 11.3 Å². The summed E-state index contributed by atoms with van der Waals surface area (Å²) in [6, 6.07) is 0.807. The van der Waals surface area contributed by atoms with E-state index in [1.54, 1.807) is 6.92 Å². The summed E-state index contributed by atoms with van der Waals surface area (Å²) in [5, 5.41) is 6.38. The zero-order valence-electron chi connectivity index (χ0n) is 14.6. The van der Waals surface area contributed by atoms with Crippen molar-refractivity contribution in [2.45, 2.75) is 45.3 Å². The molecule has 0 aliphatic heterocycles. The van der Waals surface area contributed by atoms with Crippen LogP contribution in [0.2, 0.25) is 0 Å². The molecule has 2 aromatic rings. The molecule has 0 fully saturated rings. The van der Waals surface area contributed by atoms with Gasteiger partial charge in [0.2, 0.25) is 5.91 Å². The van der Waals surface area contributed by atoms with Crippen molar-refractivity contribution in [3.8, 4) is 0 Å². The number of nitrogens with zero attached hydrogens (tertiary/aromatic N) is 2.